The molecule has 1 aliphatic rings. The molecule has 3 N–H and O–H groups in total. The molecule has 0 saturated carbocycles. The van der Waals surface area contributed by atoms with Crippen LogP contribution in [-0.2, 0) is 9.59 Å². The summed E-state index contributed by atoms with van der Waals surface area (Å²) in [7, 11) is 0. The smallest absolute Gasteiger partial charge is 0.305 e. The number of hydrogen-bond donors (Lipinski definition) is 2. The van der Waals surface area contributed by atoms with E-state index in [9.17, 15) is 9.59 Å². The summed E-state index contributed by atoms with van der Waals surface area (Å²) < 4.78 is 0. The Hall–Kier alpha value is -1.40. The summed E-state index contributed by atoms with van der Waals surface area (Å²) in [5.74, 6) is -1.04. The van der Waals surface area contributed by atoms with E-state index in [1.165, 1.54) is 11.3 Å². The Bertz CT molecular complexity index is 433. The summed E-state index contributed by atoms with van der Waals surface area (Å²) >= 11 is 1.44. The van der Waals surface area contributed by atoms with Gasteiger partial charge in [0.2, 0.25) is 5.91 Å². The standard InChI is InChI=1S/C12H16N2O3S/c13-11(9-4-2-6-18-9)12(17)14-5-1-3-8(14)7-10(15)16/h2,4,6,8,11H,1,3,5,7,13H2,(H,15,16). The first-order chi connectivity index (χ1) is 8.59. The molecule has 1 fully saturated rings. The van der Waals surface area contributed by atoms with Crippen LogP contribution in [0.3, 0.4) is 0 Å². The first-order valence-electron chi connectivity index (χ1n) is 5.91. The van der Waals surface area contributed by atoms with Gasteiger partial charge in [-0.25, -0.2) is 0 Å². The van der Waals surface area contributed by atoms with Crippen molar-refractivity contribution >= 4 is 23.2 Å². The van der Waals surface area contributed by atoms with E-state index >= 15 is 0 Å². The lowest BCUT2D eigenvalue weighted by Crippen LogP contribution is -2.42. The van der Waals surface area contributed by atoms with Crippen molar-refractivity contribution < 1.29 is 14.7 Å². The van der Waals surface area contributed by atoms with E-state index in [0.29, 0.717) is 6.54 Å². The first-order valence-corrected chi connectivity index (χ1v) is 6.79. The zero-order valence-corrected chi connectivity index (χ0v) is 10.7. The molecule has 1 aromatic heterocycles. The summed E-state index contributed by atoms with van der Waals surface area (Å²) in [4.78, 5) is 25.4. The molecule has 0 aliphatic carbocycles. The van der Waals surface area contributed by atoms with Crippen molar-refractivity contribution in [3.63, 3.8) is 0 Å². The first kappa shape index (κ1) is 13.0. The SMILES string of the molecule is NC(C(=O)N1CCCC1CC(=O)O)c1cccs1. The van der Waals surface area contributed by atoms with E-state index in [1.807, 2.05) is 17.5 Å². The van der Waals surface area contributed by atoms with Crippen LogP contribution in [0.25, 0.3) is 0 Å². The number of thiophene rings is 1. The number of aliphatic carboxylic acids is 1. The molecule has 0 spiro atoms. The van der Waals surface area contributed by atoms with Crippen LogP contribution in [0.2, 0.25) is 0 Å². The van der Waals surface area contributed by atoms with Crippen molar-refractivity contribution in [2.75, 3.05) is 6.54 Å². The maximum atomic E-state index is 12.3. The number of hydrogen-bond acceptors (Lipinski definition) is 4. The summed E-state index contributed by atoms with van der Waals surface area (Å²) in [5, 5.41) is 10.7. The molecule has 1 aromatic rings. The highest BCUT2D eigenvalue weighted by molar-refractivity contribution is 7.10. The molecule has 18 heavy (non-hydrogen) atoms. The fourth-order valence-electron chi connectivity index (χ4n) is 2.31. The highest BCUT2D eigenvalue weighted by Crippen LogP contribution is 2.25. The summed E-state index contributed by atoms with van der Waals surface area (Å²) in [6.45, 7) is 0.607. The number of likely N-dealkylation sites (tertiary alicyclic amines) is 1. The number of rotatable bonds is 4. The van der Waals surface area contributed by atoms with Gasteiger partial charge in [0.25, 0.3) is 0 Å². The lowest BCUT2D eigenvalue weighted by molar-refractivity contribution is -0.140. The molecule has 2 rings (SSSR count). The second-order valence-corrected chi connectivity index (χ2v) is 5.40. The third-order valence-electron chi connectivity index (χ3n) is 3.19. The molecule has 6 heteroatoms. The van der Waals surface area contributed by atoms with Crippen molar-refractivity contribution in [3.8, 4) is 0 Å². The van der Waals surface area contributed by atoms with E-state index in [0.717, 1.165) is 17.7 Å². The minimum absolute atomic E-state index is 0.00288. The largest absolute Gasteiger partial charge is 0.481 e. The van der Waals surface area contributed by atoms with E-state index in [4.69, 9.17) is 10.8 Å². The number of nitrogens with zero attached hydrogens (tertiary/aromatic N) is 1. The van der Waals surface area contributed by atoms with Gasteiger partial charge in [0.05, 0.1) is 6.42 Å². The monoisotopic (exact) mass is 268 g/mol. The molecule has 1 aliphatic heterocycles. The second kappa shape index (κ2) is 5.49. The number of carboxylic acids is 1. The van der Waals surface area contributed by atoms with Gasteiger partial charge >= 0.3 is 5.97 Å². The molecular formula is C12H16N2O3S. The van der Waals surface area contributed by atoms with Crippen LogP contribution >= 0.6 is 11.3 Å². The molecule has 2 heterocycles. The van der Waals surface area contributed by atoms with Gasteiger partial charge in [0, 0.05) is 17.5 Å². The Morgan fingerprint density at radius 2 is 2.39 bits per heavy atom. The lowest BCUT2D eigenvalue weighted by Gasteiger charge is -2.26. The van der Waals surface area contributed by atoms with E-state index in [1.54, 1.807) is 4.90 Å². The summed E-state index contributed by atoms with van der Waals surface area (Å²) in [6, 6.07) is 2.81. The van der Waals surface area contributed by atoms with Gasteiger partial charge < -0.3 is 15.7 Å². The van der Waals surface area contributed by atoms with Crippen molar-refractivity contribution in [2.24, 2.45) is 5.73 Å². The topological polar surface area (TPSA) is 83.6 Å². The van der Waals surface area contributed by atoms with Gasteiger partial charge in [0.15, 0.2) is 0 Å². The van der Waals surface area contributed by atoms with Crippen LogP contribution in [0.4, 0.5) is 0 Å². The quantitative estimate of drug-likeness (QED) is 0.859. The fraction of sp³-hybridized carbons (Fsp3) is 0.500. The van der Waals surface area contributed by atoms with Crippen LogP contribution in [-0.4, -0.2) is 34.5 Å². The van der Waals surface area contributed by atoms with Gasteiger partial charge in [-0.05, 0) is 24.3 Å². The van der Waals surface area contributed by atoms with E-state index < -0.39 is 12.0 Å². The highest BCUT2D eigenvalue weighted by atomic mass is 32.1. The molecule has 98 valence electrons. The summed E-state index contributed by atoms with van der Waals surface area (Å²) in [6.07, 6.45) is 1.60. The average molecular weight is 268 g/mol. The minimum Gasteiger partial charge on any atom is -0.481 e. The number of carbonyl (C=O) groups is 2. The van der Waals surface area contributed by atoms with Crippen LogP contribution in [0.15, 0.2) is 17.5 Å². The van der Waals surface area contributed by atoms with Crippen LogP contribution in [0, 0.1) is 0 Å². The third-order valence-corrected chi connectivity index (χ3v) is 4.14. The van der Waals surface area contributed by atoms with Crippen molar-refractivity contribution in [1.29, 1.82) is 0 Å². The highest BCUT2D eigenvalue weighted by Gasteiger charge is 2.33. The number of nitrogens with two attached hydrogens (primary N) is 1. The Morgan fingerprint density at radius 3 is 3.00 bits per heavy atom. The lowest BCUT2D eigenvalue weighted by atomic mass is 10.1. The zero-order valence-electron chi connectivity index (χ0n) is 9.91. The molecule has 0 aromatic carbocycles. The van der Waals surface area contributed by atoms with Crippen LogP contribution in [0.1, 0.15) is 30.2 Å². The van der Waals surface area contributed by atoms with Crippen molar-refractivity contribution in [2.45, 2.75) is 31.3 Å². The summed E-state index contributed by atoms with van der Waals surface area (Å²) in [5.41, 5.74) is 5.93. The van der Waals surface area contributed by atoms with Crippen molar-refractivity contribution in [3.05, 3.63) is 22.4 Å². The maximum absolute atomic E-state index is 12.3. The molecular weight excluding hydrogens is 252 g/mol. The van der Waals surface area contributed by atoms with Gasteiger partial charge in [-0.3, -0.25) is 9.59 Å². The second-order valence-electron chi connectivity index (χ2n) is 4.42. The van der Waals surface area contributed by atoms with Crippen molar-refractivity contribution in [1.82, 2.24) is 4.90 Å². The number of carboxylic acid groups (broad SMARTS) is 1. The normalized spacial score (nSPS) is 20.9. The minimum atomic E-state index is -0.871. The number of carbonyl (C=O) groups excluding carboxylic acids is 1. The predicted molar refractivity (Wildman–Crippen MR) is 68.2 cm³/mol. The van der Waals surface area contributed by atoms with E-state index in [-0.39, 0.29) is 18.4 Å². The van der Waals surface area contributed by atoms with Gasteiger partial charge in [-0.1, -0.05) is 6.07 Å². The van der Waals surface area contributed by atoms with Gasteiger partial charge in [-0.2, -0.15) is 0 Å². The predicted octanol–water partition coefficient (Wildman–Crippen LogP) is 1.21. The Morgan fingerprint density at radius 1 is 1.61 bits per heavy atom. The van der Waals surface area contributed by atoms with E-state index in [2.05, 4.69) is 0 Å². The molecule has 5 nitrogen and oxygen atoms in total. The molecule has 2 atom stereocenters. The molecule has 0 bridgehead atoms. The number of amides is 1. The van der Waals surface area contributed by atoms with Gasteiger partial charge in [-0.15, -0.1) is 11.3 Å². The fourth-order valence-corrected chi connectivity index (χ4v) is 3.03. The molecule has 1 saturated heterocycles. The van der Waals surface area contributed by atoms with Gasteiger partial charge in [0.1, 0.15) is 6.04 Å². The van der Waals surface area contributed by atoms with Crippen LogP contribution < -0.4 is 5.73 Å². The Balaban J connectivity index is 2.06. The third kappa shape index (κ3) is 2.70. The Kier molecular flexibility index (Phi) is 3.98. The average Bonchev–Trinajstić information content (AvgIpc) is 2.96. The molecule has 1 amide bonds. The van der Waals surface area contributed by atoms with Crippen LogP contribution in [0.5, 0.6) is 0 Å². The zero-order chi connectivity index (χ0) is 13.1. The molecule has 0 radical (unpaired) electrons. The Labute approximate surface area is 109 Å². The molecule has 2 unspecified atom stereocenters. The maximum Gasteiger partial charge on any atom is 0.305 e.